The van der Waals surface area contributed by atoms with Gasteiger partial charge < -0.3 is 5.11 Å². The molecule has 0 aromatic heterocycles. The van der Waals surface area contributed by atoms with Crippen LogP contribution in [0, 0.1) is 13.8 Å². The highest BCUT2D eigenvalue weighted by Crippen LogP contribution is 2.41. The Kier molecular flexibility index (Phi) is 4.90. The minimum Gasteiger partial charge on any atom is -0.389 e. The average Bonchev–Trinajstić information content (AvgIpc) is 2.56. The van der Waals surface area contributed by atoms with Crippen LogP contribution in [0.15, 0.2) is 48.5 Å². The van der Waals surface area contributed by atoms with Crippen molar-refractivity contribution in [2.75, 3.05) is 0 Å². The molecule has 2 saturated heterocycles. The molecule has 2 aliphatic rings. The molecule has 2 fully saturated rings. The molecule has 2 nitrogen and oxygen atoms in total. The van der Waals surface area contributed by atoms with Gasteiger partial charge in [-0.25, -0.2) is 0 Å². The summed E-state index contributed by atoms with van der Waals surface area (Å²) in [7, 11) is 0. The van der Waals surface area contributed by atoms with Crippen molar-refractivity contribution in [1.29, 1.82) is 0 Å². The van der Waals surface area contributed by atoms with Crippen LogP contribution in [0.3, 0.4) is 0 Å². The second-order valence-electron chi connectivity index (χ2n) is 8.70. The van der Waals surface area contributed by atoms with Crippen molar-refractivity contribution in [2.45, 2.75) is 76.6 Å². The molecule has 1 N–H and O–H groups in total. The van der Waals surface area contributed by atoms with Gasteiger partial charge in [0.15, 0.2) is 0 Å². The lowest BCUT2D eigenvalue weighted by Gasteiger charge is -2.52. The largest absolute Gasteiger partial charge is 0.389 e. The van der Waals surface area contributed by atoms with Crippen LogP contribution in [-0.4, -0.2) is 27.7 Å². The van der Waals surface area contributed by atoms with Crippen LogP contribution >= 0.6 is 0 Å². The van der Waals surface area contributed by atoms with Crippen molar-refractivity contribution in [3.8, 4) is 0 Å². The molecular weight excluding hydrogens is 318 g/mol. The van der Waals surface area contributed by atoms with Crippen molar-refractivity contribution in [3.63, 3.8) is 0 Å². The minimum absolute atomic E-state index is 0.513. The normalized spacial score (nSPS) is 28.9. The Bertz CT molecular complexity index is 720. The number of hydrogen-bond acceptors (Lipinski definition) is 2. The first-order valence-corrected chi connectivity index (χ1v) is 10.1. The van der Waals surface area contributed by atoms with Gasteiger partial charge in [-0.3, -0.25) is 4.90 Å². The topological polar surface area (TPSA) is 23.5 Å². The van der Waals surface area contributed by atoms with E-state index in [1.807, 2.05) is 0 Å². The molecule has 0 amide bonds. The molecule has 138 valence electrons. The smallest absolute Gasteiger partial charge is 0.0717 e. The second-order valence-corrected chi connectivity index (χ2v) is 8.70. The monoisotopic (exact) mass is 349 g/mol. The fraction of sp³-hybridized carbons (Fsp3) is 0.500. The van der Waals surface area contributed by atoms with Crippen LogP contribution in [-0.2, 0) is 13.0 Å². The van der Waals surface area contributed by atoms with Crippen molar-refractivity contribution in [1.82, 2.24) is 4.90 Å². The Morgan fingerprint density at radius 1 is 0.923 bits per heavy atom. The maximum Gasteiger partial charge on any atom is 0.0717 e. The van der Waals surface area contributed by atoms with Crippen molar-refractivity contribution < 1.29 is 5.11 Å². The molecule has 2 aromatic carbocycles. The lowest BCUT2D eigenvalue weighted by molar-refractivity contribution is -0.0946. The quantitative estimate of drug-likeness (QED) is 0.857. The van der Waals surface area contributed by atoms with Crippen molar-refractivity contribution >= 4 is 0 Å². The molecule has 26 heavy (non-hydrogen) atoms. The molecular formula is C24H31NO. The van der Waals surface area contributed by atoms with E-state index in [4.69, 9.17) is 0 Å². The minimum atomic E-state index is -0.552. The van der Waals surface area contributed by atoms with E-state index in [9.17, 15) is 5.11 Å². The summed E-state index contributed by atoms with van der Waals surface area (Å²) >= 11 is 0. The van der Waals surface area contributed by atoms with Crippen molar-refractivity contribution in [3.05, 3.63) is 70.8 Å². The summed E-state index contributed by atoms with van der Waals surface area (Å²) in [4.78, 5) is 2.68. The zero-order chi connectivity index (χ0) is 18.1. The number of nitrogens with zero attached hydrogens (tertiary/aromatic N) is 1. The number of aliphatic hydroxyl groups is 1. The number of aryl methyl sites for hydroxylation is 2. The van der Waals surface area contributed by atoms with E-state index in [0.717, 1.165) is 25.8 Å². The maximum atomic E-state index is 11.5. The standard InChI is InChI=1S/C24H31NO/c1-18-11-19(2)13-21(12-18)14-24(26)15-22-9-6-10-23(16-24)25(22)17-20-7-4-3-5-8-20/h3-5,7-8,11-13,22-23,26H,6,9-10,14-17H2,1-2H3. The van der Waals surface area contributed by atoms with E-state index in [1.54, 1.807) is 0 Å². The molecule has 2 bridgehead atoms. The third-order valence-electron chi connectivity index (χ3n) is 6.27. The first-order chi connectivity index (χ1) is 12.5. The third-order valence-corrected chi connectivity index (χ3v) is 6.27. The summed E-state index contributed by atoms with van der Waals surface area (Å²) in [6.45, 7) is 5.32. The van der Waals surface area contributed by atoms with Crippen LogP contribution in [0.25, 0.3) is 0 Å². The summed E-state index contributed by atoms with van der Waals surface area (Å²) < 4.78 is 0. The second kappa shape index (κ2) is 7.17. The Balaban J connectivity index is 1.51. The van der Waals surface area contributed by atoms with E-state index >= 15 is 0 Å². The van der Waals surface area contributed by atoms with E-state index in [0.29, 0.717) is 12.1 Å². The highest BCUT2D eigenvalue weighted by Gasteiger charge is 2.45. The molecule has 0 radical (unpaired) electrons. The molecule has 2 heteroatoms. The van der Waals surface area contributed by atoms with Crippen LogP contribution in [0.1, 0.15) is 54.4 Å². The van der Waals surface area contributed by atoms with Crippen molar-refractivity contribution in [2.24, 2.45) is 0 Å². The lowest BCUT2D eigenvalue weighted by Crippen LogP contribution is -2.58. The summed E-state index contributed by atoms with van der Waals surface area (Å²) in [6.07, 6.45) is 6.35. The summed E-state index contributed by atoms with van der Waals surface area (Å²) in [5, 5.41) is 11.5. The molecule has 0 aliphatic carbocycles. The SMILES string of the molecule is Cc1cc(C)cc(CC2(O)CC3CCCC(C2)N3Cc2ccccc2)c1. The van der Waals surface area contributed by atoms with Gasteiger partial charge in [-0.2, -0.15) is 0 Å². The highest BCUT2D eigenvalue weighted by atomic mass is 16.3. The molecule has 2 atom stereocenters. The zero-order valence-corrected chi connectivity index (χ0v) is 16.1. The molecule has 2 aromatic rings. The Labute approximate surface area is 157 Å². The number of hydrogen-bond donors (Lipinski definition) is 1. The highest BCUT2D eigenvalue weighted by molar-refractivity contribution is 5.30. The molecule has 2 unspecified atom stereocenters. The Morgan fingerprint density at radius 3 is 2.15 bits per heavy atom. The van der Waals surface area contributed by atoms with Gasteiger partial charge in [-0.15, -0.1) is 0 Å². The first kappa shape index (κ1) is 17.8. The number of rotatable bonds is 4. The summed E-state index contributed by atoms with van der Waals surface area (Å²) in [6, 6.07) is 18.5. The predicted octanol–water partition coefficient (Wildman–Crippen LogP) is 4.79. The van der Waals surface area contributed by atoms with Crippen LogP contribution in [0.5, 0.6) is 0 Å². The van der Waals surface area contributed by atoms with Gasteiger partial charge in [0.1, 0.15) is 0 Å². The third kappa shape index (κ3) is 3.87. The van der Waals surface area contributed by atoms with Crippen LogP contribution in [0.4, 0.5) is 0 Å². The van der Waals surface area contributed by atoms with Gasteiger partial charge in [-0.05, 0) is 50.7 Å². The summed E-state index contributed by atoms with van der Waals surface area (Å²) in [5.41, 5.74) is 4.72. The van der Waals surface area contributed by atoms with Gasteiger partial charge in [0.05, 0.1) is 5.60 Å². The first-order valence-electron chi connectivity index (χ1n) is 10.1. The fourth-order valence-electron chi connectivity index (χ4n) is 5.37. The Morgan fingerprint density at radius 2 is 1.54 bits per heavy atom. The summed E-state index contributed by atoms with van der Waals surface area (Å²) in [5.74, 6) is 0. The van der Waals surface area contributed by atoms with Gasteiger partial charge in [-0.1, -0.05) is 66.1 Å². The molecule has 0 saturated carbocycles. The number of piperidine rings is 2. The van der Waals surface area contributed by atoms with E-state index in [-0.39, 0.29) is 0 Å². The fourth-order valence-corrected chi connectivity index (χ4v) is 5.37. The molecule has 2 aliphatic heterocycles. The Hall–Kier alpha value is -1.64. The predicted molar refractivity (Wildman–Crippen MR) is 107 cm³/mol. The zero-order valence-electron chi connectivity index (χ0n) is 16.1. The van der Waals surface area contributed by atoms with Gasteiger partial charge in [0.2, 0.25) is 0 Å². The van der Waals surface area contributed by atoms with E-state index < -0.39 is 5.60 Å². The van der Waals surface area contributed by atoms with E-state index in [1.165, 1.54) is 41.5 Å². The number of fused-ring (bicyclic) bond motifs is 2. The van der Waals surface area contributed by atoms with E-state index in [2.05, 4.69) is 67.3 Å². The van der Waals surface area contributed by atoms with Gasteiger partial charge >= 0.3 is 0 Å². The van der Waals surface area contributed by atoms with Gasteiger partial charge in [0, 0.05) is 25.0 Å². The van der Waals surface area contributed by atoms with Crippen LogP contribution in [0.2, 0.25) is 0 Å². The molecule has 4 rings (SSSR count). The van der Waals surface area contributed by atoms with Gasteiger partial charge in [0.25, 0.3) is 0 Å². The average molecular weight is 350 g/mol. The van der Waals surface area contributed by atoms with Crippen LogP contribution < -0.4 is 0 Å². The maximum absolute atomic E-state index is 11.5. The molecule has 2 heterocycles. The lowest BCUT2D eigenvalue weighted by atomic mass is 9.73. The molecule has 0 spiro atoms. The number of benzene rings is 2.